The molecule has 0 saturated heterocycles. The molecule has 1 amide bonds. The van der Waals surface area contributed by atoms with Crippen LogP contribution < -0.4 is 5.01 Å². The van der Waals surface area contributed by atoms with Gasteiger partial charge >= 0.3 is 0 Å². The topological polar surface area (TPSA) is 32.7 Å². The number of hydrogen-bond donors (Lipinski definition) is 0. The van der Waals surface area contributed by atoms with Gasteiger partial charge in [-0.25, -0.2) is 0 Å². The Balaban J connectivity index is 1.94. The molecule has 2 aromatic rings. The zero-order valence-electron chi connectivity index (χ0n) is 12.7. The van der Waals surface area contributed by atoms with Crippen molar-refractivity contribution in [1.82, 2.24) is 0 Å². The molecule has 1 heterocycles. The molecule has 0 radical (unpaired) electrons. The van der Waals surface area contributed by atoms with Gasteiger partial charge in [0.15, 0.2) is 0 Å². The number of halogens is 2. The van der Waals surface area contributed by atoms with Crippen LogP contribution in [-0.4, -0.2) is 11.6 Å². The molecule has 5 heteroatoms. The Kier molecular flexibility index (Phi) is 4.24. The number of anilines is 1. The minimum Gasteiger partial charge on any atom is -0.267 e. The van der Waals surface area contributed by atoms with Crippen LogP contribution in [-0.2, 0) is 4.79 Å². The normalized spacial score (nSPS) is 16.2. The highest BCUT2D eigenvalue weighted by Crippen LogP contribution is 2.30. The molecule has 2 aromatic carbocycles. The number of hydrogen-bond acceptors (Lipinski definition) is 2. The van der Waals surface area contributed by atoms with Crippen LogP contribution in [0.25, 0.3) is 6.08 Å². The fourth-order valence-corrected chi connectivity index (χ4v) is 2.60. The molecule has 1 aliphatic rings. The quantitative estimate of drug-likeness (QED) is 0.697. The van der Waals surface area contributed by atoms with Gasteiger partial charge < -0.3 is 0 Å². The lowest BCUT2D eigenvalue weighted by atomic mass is 10.1. The monoisotopic (exact) mass is 344 g/mol. The predicted molar refractivity (Wildman–Crippen MR) is 96.2 cm³/mol. The summed E-state index contributed by atoms with van der Waals surface area (Å²) < 4.78 is 0. The third-order valence-electron chi connectivity index (χ3n) is 3.60. The molecule has 116 valence electrons. The highest BCUT2D eigenvalue weighted by atomic mass is 35.5. The van der Waals surface area contributed by atoms with Crippen molar-refractivity contribution in [3.8, 4) is 0 Å². The average Bonchev–Trinajstić information content (AvgIpc) is 2.80. The smallest absolute Gasteiger partial charge is 0.267 e. The number of amides is 1. The summed E-state index contributed by atoms with van der Waals surface area (Å²) in [4.78, 5) is 12.7. The van der Waals surface area contributed by atoms with Gasteiger partial charge in [-0.15, -0.1) is 0 Å². The summed E-state index contributed by atoms with van der Waals surface area (Å²) in [5.41, 5.74) is 3.97. The van der Waals surface area contributed by atoms with E-state index in [-0.39, 0.29) is 5.91 Å². The number of carbonyl (C=O) groups excluding carboxylic acids is 1. The lowest BCUT2D eigenvalue weighted by Crippen LogP contribution is -2.21. The number of nitrogens with zero attached hydrogens (tertiary/aromatic N) is 2. The van der Waals surface area contributed by atoms with E-state index in [0.29, 0.717) is 27.0 Å². The van der Waals surface area contributed by atoms with E-state index >= 15 is 0 Å². The molecule has 0 N–H and O–H groups in total. The summed E-state index contributed by atoms with van der Waals surface area (Å²) in [7, 11) is 0. The number of hydrazone groups is 1. The molecule has 0 saturated carbocycles. The van der Waals surface area contributed by atoms with Crippen LogP contribution in [0.4, 0.5) is 5.69 Å². The molecule has 23 heavy (non-hydrogen) atoms. The van der Waals surface area contributed by atoms with E-state index in [0.717, 1.165) is 5.56 Å². The van der Waals surface area contributed by atoms with Crippen molar-refractivity contribution in [2.75, 3.05) is 5.01 Å². The van der Waals surface area contributed by atoms with Gasteiger partial charge in [0.1, 0.15) is 0 Å². The maximum atomic E-state index is 12.7. The average molecular weight is 345 g/mol. The van der Waals surface area contributed by atoms with Gasteiger partial charge in [-0.1, -0.05) is 53.0 Å². The maximum Gasteiger partial charge on any atom is 0.280 e. The molecular weight excluding hydrogens is 331 g/mol. The van der Waals surface area contributed by atoms with Crippen molar-refractivity contribution in [1.29, 1.82) is 0 Å². The number of rotatable bonds is 2. The summed E-state index contributed by atoms with van der Waals surface area (Å²) in [6.07, 6.45) is 1.85. The second-order valence-corrected chi connectivity index (χ2v) is 6.18. The molecule has 0 aromatic heterocycles. The third kappa shape index (κ3) is 3.16. The van der Waals surface area contributed by atoms with E-state index in [1.165, 1.54) is 10.6 Å². The number of benzene rings is 2. The first-order chi connectivity index (χ1) is 11.0. The largest absolute Gasteiger partial charge is 0.280 e. The van der Waals surface area contributed by atoms with Gasteiger partial charge in [0.2, 0.25) is 0 Å². The van der Waals surface area contributed by atoms with Crippen molar-refractivity contribution in [2.24, 2.45) is 5.10 Å². The third-order valence-corrected chi connectivity index (χ3v) is 4.34. The molecule has 1 aliphatic heterocycles. The molecule has 3 nitrogen and oxygen atoms in total. The highest BCUT2D eigenvalue weighted by Gasteiger charge is 2.28. The highest BCUT2D eigenvalue weighted by molar-refractivity contribution is 6.42. The molecule has 0 spiro atoms. The molecule has 3 rings (SSSR count). The van der Waals surface area contributed by atoms with Gasteiger partial charge in [0, 0.05) is 0 Å². The Morgan fingerprint density at radius 3 is 2.35 bits per heavy atom. The van der Waals surface area contributed by atoms with Crippen LogP contribution in [0, 0.1) is 6.92 Å². The number of carbonyl (C=O) groups is 1. The second-order valence-electron chi connectivity index (χ2n) is 5.37. The van der Waals surface area contributed by atoms with Crippen molar-refractivity contribution in [2.45, 2.75) is 13.8 Å². The van der Waals surface area contributed by atoms with Crippen LogP contribution in [0.3, 0.4) is 0 Å². The van der Waals surface area contributed by atoms with E-state index in [1.54, 1.807) is 18.2 Å². The predicted octanol–water partition coefficient (Wildman–Crippen LogP) is 5.11. The fraction of sp³-hybridized carbons (Fsp3) is 0.111. The molecule has 0 atom stereocenters. The van der Waals surface area contributed by atoms with E-state index in [9.17, 15) is 4.79 Å². The Morgan fingerprint density at radius 2 is 1.70 bits per heavy atom. The zero-order chi connectivity index (χ0) is 16.6. The van der Waals surface area contributed by atoms with Crippen LogP contribution in [0.2, 0.25) is 10.0 Å². The summed E-state index contributed by atoms with van der Waals surface area (Å²) in [6, 6.07) is 13.0. The SMILES string of the molecule is CC1=NN(c2ccc(Cl)c(Cl)c2)C(=O)C1=Cc1ccc(C)cc1. The van der Waals surface area contributed by atoms with Gasteiger partial charge in [-0.3, -0.25) is 4.79 Å². The van der Waals surface area contributed by atoms with Gasteiger partial charge in [0.05, 0.1) is 27.0 Å². The Bertz CT molecular complexity index is 839. The van der Waals surface area contributed by atoms with Gasteiger partial charge in [0.25, 0.3) is 5.91 Å². The van der Waals surface area contributed by atoms with Crippen LogP contribution in [0.5, 0.6) is 0 Å². The van der Waals surface area contributed by atoms with Gasteiger partial charge in [-0.05, 0) is 43.7 Å². The Labute approximate surface area is 144 Å². The van der Waals surface area contributed by atoms with Crippen LogP contribution in [0.15, 0.2) is 53.1 Å². The van der Waals surface area contributed by atoms with E-state index in [1.807, 2.05) is 44.2 Å². The van der Waals surface area contributed by atoms with Crippen molar-refractivity contribution >= 4 is 46.6 Å². The second kappa shape index (κ2) is 6.19. The van der Waals surface area contributed by atoms with Crippen molar-refractivity contribution in [3.63, 3.8) is 0 Å². The first kappa shape index (κ1) is 15.8. The standard InChI is InChI=1S/C18H14Cl2N2O/c1-11-3-5-13(6-4-11)9-15-12(2)21-22(18(15)23)14-7-8-16(19)17(20)10-14/h3-10H,1-2H3. The van der Waals surface area contributed by atoms with E-state index in [4.69, 9.17) is 23.2 Å². The van der Waals surface area contributed by atoms with Gasteiger partial charge in [-0.2, -0.15) is 10.1 Å². The Hall–Kier alpha value is -2.10. The van der Waals surface area contributed by atoms with Crippen molar-refractivity contribution < 1.29 is 4.79 Å². The summed E-state index contributed by atoms with van der Waals surface area (Å²) in [5, 5.41) is 6.51. The molecule has 0 aliphatic carbocycles. The first-order valence-electron chi connectivity index (χ1n) is 7.09. The lowest BCUT2D eigenvalue weighted by Gasteiger charge is -2.12. The van der Waals surface area contributed by atoms with Crippen molar-refractivity contribution in [3.05, 3.63) is 69.2 Å². The fourth-order valence-electron chi connectivity index (χ4n) is 2.31. The van der Waals surface area contributed by atoms with E-state index in [2.05, 4.69) is 5.10 Å². The lowest BCUT2D eigenvalue weighted by molar-refractivity contribution is -0.114. The minimum atomic E-state index is -0.179. The molecular formula is C18H14Cl2N2O. The molecule has 0 fully saturated rings. The summed E-state index contributed by atoms with van der Waals surface area (Å²) in [6.45, 7) is 3.84. The summed E-state index contributed by atoms with van der Waals surface area (Å²) >= 11 is 11.9. The number of aryl methyl sites for hydroxylation is 1. The first-order valence-corrected chi connectivity index (χ1v) is 7.85. The molecule has 0 bridgehead atoms. The summed E-state index contributed by atoms with van der Waals surface area (Å²) in [5.74, 6) is -0.179. The minimum absolute atomic E-state index is 0.179. The maximum absolute atomic E-state index is 12.7. The van der Waals surface area contributed by atoms with Crippen LogP contribution >= 0.6 is 23.2 Å². The van der Waals surface area contributed by atoms with Crippen LogP contribution in [0.1, 0.15) is 18.1 Å². The van der Waals surface area contributed by atoms with E-state index < -0.39 is 0 Å². The molecule has 0 unspecified atom stereocenters. The Morgan fingerprint density at radius 1 is 1.00 bits per heavy atom. The zero-order valence-corrected chi connectivity index (χ0v) is 14.2.